The van der Waals surface area contributed by atoms with E-state index >= 15 is 0 Å². The van der Waals surface area contributed by atoms with Gasteiger partial charge < -0.3 is 20.1 Å². The second kappa shape index (κ2) is 11.7. The van der Waals surface area contributed by atoms with E-state index in [1.54, 1.807) is 14.0 Å². The molecule has 0 heterocycles. The van der Waals surface area contributed by atoms with Crippen LogP contribution in [-0.4, -0.2) is 54.2 Å². The second-order valence-corrected chi connectivity index (χ2v) is 9.03. The van der Waals surface area contributed by atoms with Gasteiger partial charge in [0.1, 0.15) is 6.61 Å². The number of carbonyl (C=O) groups is 3. The molecule has 0 bridgehead atoms. The first-order valence-electron chi connectivity index (χ1n) is 11.9. The number of nitrogens with one attached hydrogen (secondary N) is 1. The van der Waals surface area contributed by atoms with Gasteiger partial charge >= 0.3 is 12.1 Å². The van der Waals surface area contributed by atoms with E-state index in [1.807, 2.05) is 31.2 Å². The average Bonchev–Trinajstić information content (AvgIpc) is 3.14. The Balaban J connectivity index is 1.60. The number of nitrogens with zero attached hydrogens (tertiary/aromatic N) is 1. The second-order valence-electron chi connectivity index (χ2n) is 9.03. The molecule has 2 aromatic rings. The average molecular weight is 467 g/mol. The van der Waals surface area contributed by atoms with Gasteiger partial charge in [0.2, 0.25) is 5.91 Å². The third-order valence-electron chi connectivity index (χ3n) is 6.39. The van der Waals surface area contributed by atoms with Crippen molar-refractivity contribution in [2.45, 2.75) is 51.5 Å². The Morgan fingerprint density at radius 3 is 2.21 bits per heavy atom. The van der Waals surface area contributed by atoms with Crippen molar-refractivity contribution >= 4 is 18.0 Å². The van der Waals surface area contributed by atoms with E-state index < -0.39 is 18.0 Å². The molecule has 0 saturated heterocycles. The van der Waals surface area contributed by atoms with Gasteiger partial charge in [-0.05, 0) is 28.7 Å². The number of hydrogen-bond donors (Lipinski definition) is 2. The number of aliphatic carboxylic acids is 1. The molecule has 0 radical (unpaired) electrons. The van der Waals surface area contributed by atoms with Crippen molar-refractivity contribution in [1.29, 1.82) is 0 Å². The maximum atomic E-state index is 12.7. The third-order valence-corrected chi connectivity index (χ3v) is 6.39. The first kappa shape index (κ1) is 25.3. The van der Waals surface area contributed by atoms with Crippen molar-refractivity contribution in [3.05, 3.63) is 59.7 Å². The lowest BCUT2D eigenvalue weighted by Crippen LogP contribution is -2.41. The van der Waals surface area contributed by atoms with E-state index in [9.17, 15) is 14.4 Å². The minimum absolute atomic E-state index is 0.0301. The first-order chi connectivity index (χ1) is 16.3. The monoisotopic (exact) mass is 466 g/mol. The Kier molecular flexibility index (Phi) is 8.68. The molecule has 0 saturated carbocycles. The number of alkyl carbamates (subject to hydrolysis) is 1. The Labute approximate surface area is 201 Å². The third kappa shape index (κ3) is 6.16. The molecule has 1 aliphatic carbocycles. The van der Waals surface area contributed by atoms with Crippen LogP contribution in [0.5, 0.6) is 0 Å². The summed E-state index contributed by atoms with van der Waals surface area (Å²) in [4.78, 5) is 37.8. The summed E-state index contributed by atoms with van der Waals surface area (Å²) in [5, 5.41) is 12.0. The molecular formula is C27H34N2O5. The molecular weight excluding hydrogens is 432 g/mol. The quantitative estimate of drug-likeness (QED) is 0.502. The molecule has 3 rings (SSSR count). The summed E-state index contributed by atoms with van der Waals surface area (Å²) < 4.78 is 5.64. The topological polar surface area (TPSA) is 95.9 Å². The fraction of sp³-hybridized carbons (Fsp3) is 0.444. The zero-order valence-electron chi connectivity index (χ0n) is 20.1. The molecule has 1 aliphatic rings. The molecule has 0 aromatic heterocycles. The van der Waals surface area contributed by atoms with Gasteiger partial charge in [-0.15, -0.1) is 0 Å². The highest BCUT2D eigenvalue weighted by molar-refractivity contribution is 5.80. The lowest BCUT2D eigenvalue weighted by Gasteiger charge is -2.24. The SMILES string of the molecule is CCCC[C@@H](CC(=O)N(C)CC(C)C(=O)O)NC(=O)OCC1c2ccccc2-c2ccccc21. The van der Waals surface area contributed by atoms with Gasteiger partial charge in [-0.2, -0.15) is 0 Å². The van der Waals surface area contributed by atoms with Crippen LogP contribution in [0.15, 0.2) is 48.5 Å². The molecule has 2 amide bonds. The summed E-state index contributed by atoms with van der Waals surface area (Å²) >= 11 is 0. The van der Waals surface area contributed by atoms with E-state index in [0.29, 0.717) is 6.42 Å². The molecule has 1 unspecified atom stereocenters. The van der Waals surface area contributed by atoms with Crippen molar-refractivity contribution in [2.75, 3.05) is 20.2 Å². The number of benzene rings is 2. The molecule has 2 atom stereocenters. The van der Waals surface area contributed by atoms with Gasteiger partial charge in [-0.25, -0.2) is 4.79 Å². The Hall–Kier alpha value is -3.35. The molecule has 7 nitrogen and oxygen atoms in total. The van der Waals surface area contributed by atoms with Crippen LogP contribution in [-0.2, 0) is 14.3 Å². The van der Waals surface area contributed by atoms with Crippen molar-refractivity contribution in [1.82, 2.24) is 10.2 Å². The first-order valence-corrected chi connectivity index (χ1v) is 11.9. The van der Waals surface area contributed by atoms with Gasteiger partial charge in [-0.1, -0.05) is 75.2 Å². The van der Waals surface area contributed by atoms with E-state index in [2.05, 4.69) is 29.6 Å². The van der Waals surface area contributed by atoms with Crippen molar-refractivity contribution in [3.63, 3.8) is 0 Å². The number of hydrogen-bond acceptors (Lipinski definition) is 4. The fourth-order valence-corrected chi connectivity index (χ4v) is 4.44. The van der Waals surface area contributed by atoms with Crippen LogP contribution in [0.4, 0.5) is 4.79 Å². The Morgan fingerprint density at radius 2 is 1.65 bits per heavy atom. The van der Waals surface area contributed by atoms with Crippen molar-refractivity contribution < 1.29 is 24.2 Å². The zero-order valence-corrected chi connectivity index (χ0v) is 20.1. The highest BCUT2D eigenvalue weighted by Gasteiger charge is 2.29. The van der Waals surface area contributed by atoms with Crippen LogP contribution in [0.3, 0.4) is 0 Å². The van der Waals surface area contributed by atoms with Crippen LogP contribution < -0.4 is 5.32 Å². The Bertz CT molecular complexity index is 976. The van der Waals surface area contributed by atoms with Gasteiger partial charge in [0, 0.05) is 32.0 Å². The Morgan fingerprint density at radius 1 is 1.06 bits per heavy atom. The summed E-state index contributed by atoms with van der Waals surface area (Å²) in [6.07, 6.45) is 2.00. The lowest BCUT2D eigenvalue weighted by atomic mass is 9.98. The molecule has 34 heavy (non-hydrogen) atoms. The molecule has 0 fully saturated rings. The normalized spacial score (nSPS) is 14.0. The highest BCUT2D eigenvalue weighted by atomic mass is 16.5. The van der Waals surface area contributed by atoms with Crippen LogP contribution in [0.25, 0.3) is 11.1 Å². The van der Waals surface area contributed by atoms with E-state index in [4.69, 9.17) is 9.84 Å². The van der Waals surface area contributed by atoms with E-state index in [0.717, 1.165) is 35.1 Å². The smallest absolute Gasteiger partial charge is 0.407 e. The van der Waals surface area contributed by atoms with Crippen LogP contribution in [0.2, 0.25) is 0 Å². The number of unbranched alkanes of at least 4 members (excludes halogenated alkanes) is 1. The lowest BCUT2D eigenvalue weighted by molar-refractivity contribution is -0.142. The minimum Gasteiger partial charge on any atom is -0.481 e. The predicted octanol–water partition coefficient (Wildman–Crippen LogP) is 4.65. The van der Waals surface area contributed by atoms with Gasteiger partial charge in [0.05, 0.1) is 5.92 Å². The highest BCUT2D eigenvalue weighted by Crippen LogP contribution is 2.44. The molecule has 0 spiro atoms. The number of rotatable bonds is 11. The summed E-state index contributed by atoms with van der Waals surface area (Å²) in [6.45, 7) is 3.95. The standard InChI is InChI=1S/C27H34N2O5/c1-4-5-10-19(15-25(30)29(3)16-18(2)26(31)32)28-27(33)34-17-24-22-13-8-6-11-20(22)21-12-7-9-14-23(21)24/h6-9,11-14,18-19,24H,4-5,10,15-17H2,1-3H3,(H,28,33)(H,31,32)/t18?,19-/m0/s1. The summed E-state index contributed by atoms with van der Waals surface area (Å²) in [5.41, 5.74) is 4.61. The number of carbonyl (C=O) groups excluding carboxylic acids is 2. The summed E-state index contributed by atoms with van der Waals surface area (Å²) in [7, 11) is 1.59. The van der Waals surface area contributed by atoms with E-state index in [-0.39, 0.29) is 37.4 Å². The molecule has 0 aliphatic heterocycles. The van der Waals surface area contributed by atoms with Crippen LogP contribution >= 0.6 is 0 Å². The molecule has 2 N–H and O–H groups in total. The van der Waals surface area contributed by atoms with Crippen molar-refractivity contribution in [2.24, 2.45) is 5.92 Å². The van der Waals surface area contributed by atoms with Crippen LogP contribution in [0.1, 0.15) is 56.6 Å². The zero-order chi connectivity index (χ0) is 24.7. The largest absolute Gasteiger partial charge is 0.481 e. The number of carboxylic acids is 1. The molecule has 7 heteroatoms. The fourth-order valence-electron chi connectivity index (χ4n) is 4.44. The van der Waals surface area contributed by atoms with Gasteiger partial charge in [-0.3, -0.25) is 9.59 Å². The summed E-state index contributed by atoms with van der Waals surface area (Å²) in [5.74, 6) is -1.83. The maximum absolute atomic E-state index is 12.7. The molecule has 182 valence electrons. The number of fused-ring (bicyclic) bond motifs is 3. The van der Waals surface area contributed by atoms with Crippen molar-refractivity contribution in [3.8, 4) is 11.1 Å². The van der Waals surface area contributed by atoms with Gasteiger partial charge in [0.15, 0.2) is 0 Å². The number of ether oxygens (including phenoxy) is 1. The summed E-state index contributed by atoms with van der Waals surface area (Å²) in [6, 6.07) is 15.9. The maximum Gasteiger partial charge on any atom is 0.407 e. The molecule has 2 aromatic carbocycles. The predicted molar refractivity (Wildman–Crippen MR) is 131 cm³/mol. The minimum atomic E-state index is -0.945. The van der Waals surface area contributed by atoms with E-state index in [1.165, 1.54) is 4.90 Å². The van der Waals surface area contributed by atoms with Crippen LogP contribution in [0, 0.1) is 5.92 Å². The van der Waals surface area contributed by atoms with Gasteiger partial charge in [0.25, 0.3) is 0 Å². The number of carboxylic acid groups (broad SMARTS) is 1. The number of amides is 2.